The Balaban J connectivity index is 1.33. The van der Waals surface area contributed by atoms with Crippen LogP contribution in [0.4, 0.5) is 17.1 Å². The van der Waals surface area contributed by atoms with Crippen LogP contribution in [0.1, 0.15) is 55.5 Å². The summed E-state index contributed by atoms with van der Waals surface area (Å²) in [5, 5.41) is 2.93. The van der Waals surface area contributed by atoms with Crippen molar-refractivity contribution in [3.05, 3.63) is 83.9 Å². The van der Waals surface area contributed by atoms with E-state index in [0.29, 0.717) is 29.2 Å². The summed E-state index contributed by atoms with van der Waals surface area (Å²) in [4.78, 5) is 30.5. The van der Waals surface area contributed by atoms with Crippen molar-refractivity contribution in [1.82, 2.24) is 4.90 Å². The standard InChI is InChI=1S/C31H37N3O3/c1-3-33(4-2)21-11-5-6-12-22-37-25-19-17-24(18-20-25)23-30(35)34-28-15-9-7-13-26(28)31(36)32-27-14-8-10-16-29(27)34/h7-10,13-20H,3-6,11-12,21-23H2,1-2H3,(H,32,36). The summed E-state index contributed by atoms with van der Waals surface area (Å²) in [5.41, 5.74) is 3.25. The van der Waals surface area contributed by atoms with Crippen LogP contribution in [0, 0.1) is 0 Å². The van der Waals surface area contributed by atoms with E-state index in [9.17, 15) is 9.59 Å². The van der Waals surface area contributed by atoms with E-state index in [2.05, 4.69) is 24.1 Å². The molecular weight excluding hydrogens is 462 g/mol. The van der Waals surface area contributed by atoms with Gasteiger partial charge in [0.2, 0.25) is 5.91 Å². The largest absolute Gasteiger partial charge is 0.494 e. The maximum Gasteiger partial charge on any atom is 0.257 e. The van der Waals surface area contributed by atoms with Crippen molar-refractivity contribution >= 4 is 28.9 Å². The van der Waals surface area contributed by atoms with Crippen LogP contribution in [0.25, 0.3) is 0 Å². The quantitative estimate of drug-likeness (QED) is 0.291. The molecule has 4 rings (SSSR count). The molecule has 194 valence electrons. The number of benzene rings is 3. The molecule has 3 aromatic rings. The number of hydrogen-bond acceptors (Lipinski definition) is 4. The summed E-state index contributed by atoms with van der Waals surface area (Å²) in [6, 6.07) is 22.3. The first-order chi connectivity index (χ1) is 18.1. The Morgan fingerprint density at radius 2 is 1.51 bits per heavy atom. The predicted octanol–water partition coefficient (Wildman–Crippen LogP) is 6.44. The normalized spacial score (nSPS) is 12.5. The van der Waals surface area contributed by atoms with Gasteiger partial charge in [0.25, 0.3) is 5.91 Å². The van der Waals surface area contributed by atoms with E-state index in [1.165, 1.54) is 25.8 Å². The lowest BCUT2D eigenvalue weighted by Crippen LogP contribution is -2.28. The molecule has 0 radical (unpaired) electrons. The van der Waals surface area contributed by atoms with E-state index in [1.54, 1.807) is 11.0 Å². The third-order valence-corrected chi connectivity index (χ3v) is 6.84. The number of hydrogen-bond donors (Lipinski definition) is 1. The molecule has 3 aromatic carbocycles. The molecule has 0 saturated carbocycles. The van der Waals surface area contributed by atoms with Crippen molar-refractivity contribution < 1.29 is 14.3 Å². The Morgan fingerprint density at radius 3 is 2.27 bits per heavy atom. The minimum atomic E-state index is -0.219. The summed E-state index contributed by atoms with van der Waals surface area (Å²) in [5.74, 6) is 0.498. The van der Waals surface area contributed by atoms with Crippen molar-refractivity contribution in [1.29, 1.82) is 0 Å². The highest BCUT2D eigenvalue weighted by Gasteiger charge is 2.28. The van der Waals surface area contributed by atoms with Crippen LogP contribution in [0.5, 0.6) is 5.75 Å². The number of nitrogens with zero attached hydrogens (tertiary/aromatic N) is 2. The van der Waals surface area contributed by atoms with Crippen LogP contribution >= 0.6 is 0 Å². The van der Waals surface area contributed by atoms with Gasteiger partial charge in [0.15, 0.2) is 0 Å². The Bertz CT molecular complexity index is 1190. The van der Waals surface area contributed by atoms with Gasteiger partial charge in [-0.25, -0.2) is 0 Å². The first kappa shape index (κ1) is 26.4. The van der Waals surface area contributed by atoms with Gasteiger partial charge in [-0.15, -0.1) is 0 Å². The predicted molar refractivity (Wildman–Crippen MR) is 150 cm³/mol. The van der Waals surface area contributed by atoms with Crippen LogP contribution in [0.2, 0.25) is 0 Å². The van der Waals surface area contributed by atoms with Crippen LogP contribution in [0.15, 0.2) is 72.8 Å². The number of fused-ring (bicyclic) bond motifs is 2. The first-order valence-electron chi connectivity index (χ1n) is 13.4. The van der Waals surface area contributed by atoms with Gasteiger partial charge < -0.3 is 15.0 Å². The number of para-hydroxylation sites is 3. The number of ether oxygens (including phenoxy) is 1. The van der Waals surface area contributed by atoms with Crippen molar-refractivity contribution in [2.24, 2.45) is 0 Å². The summed E-state index contributed by atoms with van der Waals surface area (Å²) in [6.07, 6.45) is 4.89. The lowest BCUT2D eigenvalue weighted by atomic mass is 10.1. The molecule has 1 aliphatic heterocycles. The van der Waals surface area contributed by atoms with Crippen molar-refractivity contribution in [3.63, 3.8) is 0 Å². The average Bonchev–Trinajstić information content (AvgIpc) is 3.05. The van der Waals surface area contributed by atoms with Crippen LogP contribution in [-0.4, -0.2) is 43.0 Å². The van der Waals surface area contributed by atoms with Crippen molar-refractivity contribution in [2.45, 2.75) is 46.0 Å². The molecule has 1 N–H and O–H groups in total. The second kappa shape index (κ2) is 13.1. The summed E-state index contributed by atoms with van der Waals surface area (Å²) < 4.78 is 5.92. The number of anilines is 3. The van der Waals surface area contributed by atoms with E-state index in [4.69, 9.17) is 4.74 Å². The highest BCUT2D eigenvalue weighted by molar-refractivity contribution is 6.17. The first-order valence-corrected chi connectivity index (χ1v) is 13.4. The molecule has 6 heteroatoms. The fourth-order valence-corrected chi connectivity index (χ4v) is 4.70. The van der Waals surface area contributed by atoms with E-state index >= 15 is 0 Å². The summed E-state index contributed by atoms with van der Waals surface area (Å²) in [6.45, 7) is 8.55. The molecule has 0 aromatic heterocycles. The zero-order chi connectivity index (χ0) is 26.0. The Labute approximate surface area is 220 Å². The van der Waals surface area contributed by atoms with Crippen molar-refractivity contribution in [3.8, 4) is 5.75 Å². The van der Waals surface area contributed by atoms with E-state index < -0.39 is 0 Å². The molecular formula is C31H37N3O3. The fourth-order valence-electron chi connectivity index (χ4n) is 4.70. The second-order valence-corrected chi connectivity index (χ2v) is 9.33. The zero-order valence-corrected chi connectivity index (χ0v) is 21.9. The van der Waals surface area contributed by atoms with Gasteiger partial charge in [0, 0.05) is 0 Å². The van der Waals surface area contributed by atoms with Gasteiger partial charge in [0.1, 0.15) is 5.75 Å². The molecule has 0 saturated heterocycles. The minimum absolute atomic E-state index is 0.102. The van der Waals surface area contributed by atoms with Gasteiger partial charge in [-0.3, -0.25) is 14.5 Å². The maximum atomic E-state index is 13.6. The number of carbonyl (C=O) groups excluding carboxylic acids is 2. The van der Waals surface area contributed by atoms with Crippen LogP contribution < -0.4 is 15.0 Å². The molecule has 6 nitrogen and oxygen atoms in total. The van der Waals surface area contributed by atoms with Gasteiger partial charge >= 0.3 is 0 Å². The lowest BCUT2D eigenvalue weighted by molar-refractivity contribution is -0.117. The summed E-state index contributed by atoms with van der Waals surface area (Å²) >= 11 is 0. The topological polar surface area (TPSA) is 61.9 Å². The van der Waals surface area contributed by atoms with Gasteiger partial charge in [-0.2, -0.15) is 0 Å². The Hall–Kier alpha value is -3.64. The lowest BCUT2D eigenvalue weighted by Gasteiger charge is -2.24. The van der Waals surface area contributed by atoms with E-state index in [0.717, 1.165) is 30.8 Å². The molecule has 0 aliphatic carbocycles. The minimum Gasteiger partial charge on any atom is -0.494 e. The maximum absolute atomic E-state index is 13.6. The molecule has 0 fully saturated rings. The van der Waals surface area contributed by atoms with Crippen LogP contribution in [-0.2, 0) is 11.2 Å². The molecule has 1 heterocycles. The Morgan fingerprint density at radius 1 is 0.838 bits per heavy atom. The monoisotopic (exact) mass is 499 g/mol. The van der Waals surface area contributed by atoms with Crippen LogP contribution in [0.3, 0.4) is 0 Å². The summed E-state index contributed by atoms with van der Waals surface area (Å²) in [7, 11) is 0. The van der Waals surface area contributed by atoms with Crippen molar-refractivity contribution in [2.75, 3.05) is 36.5 Å². The second-order valence-electron chi connectivity index (χ2n) is 9.33. The highest BCUT2D eigenvalue weighted by Crippen LogP contribution is 2.38. The van der Waals surface area contributed by atoms with Gasteiger partial charge in [0.05, 0.1) is 35.7 Å². The van der Waals surface area contributed by atoms with E-state index in [-0.39, 0.29) is 18.2 Å². The number of unbranched alkanes of at least 4 members (excludes halogenated alkanes) is 3. The number of amides is 2. The van der Waals surface area contributed by atoms with Gasteiger partial charge in [-0.1, -0.05) is 63.1 Å². The average molecular weight is 500 g/mol. The van der Waals surface area contributed by atoms with E-state index in [1.807, 2.05) is 66.7 Å². The zero-order valence-electron chi connectivity index (χ0n) is 21.9. The van der Waals surface area contributed by atoms with Gasteiger partial charge in [-0.05, 0) is 74.4 Å². The molecule has 0 spiro atoms. The third kappa shape index (κ3) is 6.77. The molecule has 0 atom stereocenters. The molecule has 1 aliphatic rings. The number of carbonyl (C=O) groups is 2. The molecule has 37 heavy (non-hydrogen) atoms. The Kier molecular flexibility index (Phi) is 9.33. The molecule has 0 unspecified atom stereocenters. The third-order valence-electron chi connectivity index (χ3n) is 6.84. The number of nitrogens with one attached hydrogen (secondary N) is 1. The molecule has 2 amide bonds. The molecule has 0 bridgehead atoms. The fraction of sp³-hybridized carbons (Fsp3) is 0.355. The smallest absolute Gasteiger partial charge is 0.257 e. The SMILES string of the molecule is CCN(CC)CCCCCCOc1ccc(CC(=O)N2c3ccccc3NC(=O)c3ccccc32)cc1. The number of rotatable bonds is 12. The highest BCUT2D eigenvalue weighted by atomic mass is 16.5.